The van der Waals surface area contributed by atoms with Crippen molar-refractivity contribution in [3.05, 3.63) is 48.0 Å². The number of anilines is 1. The zero-order valence-corrected chi connectivity index (χ0v) is 17.5. The number of thioether (sulfide) groups is 1. The highest BCUT2D eigenvalue weighted by Gasteiger charge is 2.39. The standard InChI is InChI=1S/C21H20N4O4S/c1-12-20(27)24-19-14-6-4-5-7-15(14)23-21(25(12)19)30-11-18(26)22-13-8-9-16(28-2)17(10-13)29-3/h4-10,12H,11H2,1-3H3,(H,22,26). The van der Waals surface area contributed by atoms with Crippen molar-refractivity contribution in [2.75, 3.05) is 25.3 Å². The van der Waals surface area contributed by atoms with Crippen LogP contribution in [0, 0.1) is 0 Å². The number of hydrogen-bond acceptors (Lipinski definition) is 7. The fraction of sp³-hybridized carbons (Fsp3) is 0.238. The Kier molecular flexibility index (Phi) is 5.45. The molecule has 154 valence electrons. The molecule has 0 aromatic heterocycles. The summed E-state index contributed by atoms with van der Waals surface area (Å²) in [6.07, 6.45) is 0. The quantitative estimate of drug-likeness (QED) is 0.793. The van der Waals surface area contributed by atoms with E-state index in [9.17, 15) is 9.59 Å². The zero-order valence-electron chi connectivity index (χ0n) is 16.7. The number of para-hydroxylation sites is 1. The molecule has 4 rings (SSSR count). The SMILES string of the molecule is COc1ccc(NC(=O)CSC2=Nc3ccccc3C3=NC(=O)C(C)N23)cc1OC. The summed E-state index contributed by atoms with van der Waals surface area (Å²) in [5.41, 5.74) is 2.15. The van der Waals surface area contributed by atoms with E-state index in [1.165, 1.54) is 18.9 Å². The molecule has 0 fully saturated rings. The number of hydrogen-bond donors (Lipinski definition) is 1. The summed E-state index contributed by atoms with van der Waals surface area (Å²) in [7, 11) is 3.09. The van der Waals surface area contributed by atoms with E-state index in [2.05, 4.69) is 15.3 Å². The first kappa shape index (κ1) is 20.0. The van der Waals surface area contributed by atoms with Crippen LogP contribution in [0.25, 0.3) is 0 Å². The summed E-state index contributed by atoms with van der Waals surface area (Å²) < 4.78 is 10.5. The van der Waals surface area contributed by atoms with Crippen LogP contribution in [0.2, 0.25) is 0 Å². The minimum absolute atomic E-state index is 0.125. The van der Waals surface area contributed by atoms with Crippen molar-refractivity contribution in [3.8, 4) is 11.5 Å². The maximum atomic E-state index is 12.5. The molecule has 0 bridgehead atoms. The largest absolute Gasteiger partial charge is 0.493 e. The fourth-order valence-corrected chi connectivity index (χ4v) is 4.13. The second-order valence-electron chi connectivity index (χ2n) is 6.64. The fourth-order valence-electron chi connectivity index (χ4n) is 3.25. The lowest BCUT2D eigenvalue weighted by atomic mass is 10.1. The third-order valence-corrected chi connectivity index (χ3v) is 5.71. The number of amidine groups is 2. The molecule has 2 aromatic rings. The van der Waals surface area contributed by atoms with E-state index in [0.29, 0.717) is 28.2 Å². The smallest absolute Gasteiger partial charge is 0.270 e. The molecule has 30 heavy (non-hydrogen) atoms. The van der Waals surface area contributed by atoms with Gasteiger partial charge in [0.15, 0.2) is 16.7 Å². The van der Waals surface area contributed by atoms with E-state index in [4.69, 9.17) is 9.47 Å². The van der Waals surface area contributed by atoms with Crippen molar-refractivity contribution in [1.29, 1.82) is 0 Å². The normalized spacial score (nSPS) is 17.0. The average Bonchev–Trinajstić information content (AvgIpc) is 3.06. The third-order valence-electron chi connectivity index (χ3n) is 4.76. The highest BCUT2D eigenvalue weighted by atomic mass is 32.2. The van der Waals surface area contributed by atoms with Gasteiger partial charge in [-0.25, -0.2) is 4.99 Å². The molecule has 2 aliphatic rings. The monoisotopic (exact) mass is 424 g/mol. The molecule has 2 aromatic carbocycles. The number of nitrogens with one attached hydrogen (secondary N) is 1. The lowest BCUT2D eigenvalue weighted by molar-refractivity contribution is -0.119. The Bertz CT molecular complexity index is 1080. The zero-order chi connectivity index (χ0) is 21.3. The summed E-state index contributed by atoms with van der Waals surface area (Å²) >= 11 is 1.26. The Morgan fingerprint density at radius 3 is 2.67 bits per heavy atom. The van der Waals surface area contributed by atoms with Crippen LogP contribution in [-0.2, 0) is 9.59 Å². The molecule has 2 amide bonds. The molecule has 0 saturated carbocycles. The van der Waals surface area contributed by atoms with Gasteiger partial charge in [-0.3, -0.25) is 14.5 Å². The van der Waals surface area contributed by atoms with Crippen LogP contribution in [0.4, 0.5) is 11.4 Å². The molecule has 9 heteroatoms. The summed E-state index contributed by atoms with van der Waals surface area (Å²) in [5.74, 6) is 1.40. The number of fused-ring (bicyclic) bond motifs is 3. The Hall–Kier alpha value is -3.33. The molecule has 0 saturated heterocycles. The first-order chi connectivity index (χ1) is 14.5. The van der Waals surface area contributed by atoms with E-state index in [-0.39, 0.29) is 17.6 Å². The van der Waals surface area contributed by atoms with Gasteiger partial charge < -0.3 is 14.8 Å². The summed E-state index contributed by atoms with van der Waals surface area (Å²) in [6.45, 7) is 1.78. The molecule has 1 N–H and O–H groups in total. The number of carbonyl (C=O) groups is 2. The average molecular weight is 424 g/mol. The van der Waals surface area contributed by atoms with Crippen molar-refractivity contribution >= 4 is 46.0 Å². The number of aliphatic imine (C=N–C) groups is 2. The van der Waals surface area contributed by atoms with Crippen molar-refractivity contribution in [2.24, 2.45) is 9.98 Å². The molecular weight excluding hydrogens is 404 g/mol. The van der Waals surface area contributed by atoms with Crippen molar-refractivity contribution in [2.45, 2.75) is 13.0 Å². The van der Waals surface area contributed by atoms with Gasteiger partial charge in [0, 0.05) is 17.3 Å². The molecule has 2 aliphatic heterocycles. The summed E-state index contributed by atoms with van der Waals surface area (Å²) in [6, 6.07) is 12.2. The minimum Gasteiger partial charge on any atom is -0.493 e. The topological polar surface area (TPSA) is 92.6 Å². The van der Waals surface area contributed by atoms with Gasteiger partial charge >= 0.3 is 0 Å². The van der Waals surface area contributed by atoms with E-state index < -0.39 is 6.04 Å². The van der Waals surface area contributed by atoms with Gasteiger partial charge in [0.25, 0.3) is 5.91 Å². The lowest BCUT2D eigenvalue weighted by Crippen LogP contribution is -2.42. The van der Waals surface area contributed by atoms with Crippen molar-refractivity contribution < 1.29 is 19.1 Å². The van der Waals surface area contributed by atoms with Crippen LogP contribution < -0.4 is 14.8 Å². The summed E-state index contributed by atoms with van der Waals surface area (Å²) in [4.78, 5) is 35.4. The number of methoxy groups -OCH3 is 2. The predicted octanol–water partition coefficient (Wildman–Crippen LogP) is 3.05. The van der Waals surface area contributed by atoms with Crippen LogP contribution in [0.1, 0.15) is 12.5 Å². The molecular formula is C21H20N4O4S. The highest BCUT2D eigenvalue weighted by Crippen LogP contribution is 2.34. The Morgan fingerprint density at radius 1 is 1.13 bits per heavy atom. The van der Waals surface area contributed by atoms with Gasteiger partial charge in [-0.2, -0.15) is 4.99 Å². The number of amides is 2. The lowest BCUT2D eigenvalue weighted by Gasteiger charge is -2.29. The Balaban J connectivity index is 1.49. The van der Waals surface area contributed by atoms with Crippen LogP contribution in [0.15, 0.2) is 52.4 Å². The van der Waals surface area contributed by atoms with Gasteiger partial charge in [-0.1, -0.05) is 23.9 Å². The van der Waals surface area contributed by atoms with E-state index in [0.717, 1.165) is 11.3 Å². The first-order valence-corrected chi connectivity index (χ1v) is 10.2. The molecule has 0 spiro atoms. The first-order valence-electron chi connectivity index (χ1n) is 9.26. The predicted molar refractivity (Wildman–Crippen MR) is 117 cm³/mol. The number of nitrogens with zero attached hydrogens (tertiary/aromatic N) is 3. The molecule has 1 unspecified atom stereocenters. The molecule has 1 atom stereocenters. The molecule has 8 nitrogen and oxygen atoms in total. The van der Waals surface area contributed by atoms with Gasteiger partial charge in [-0.05, 0) is 31.2 Å². The van der Waals surface area contributed by atoms with Gasteiger partial charge in [0.1, 0.15) is 11.9 Å². The van der Waals surface area contributed by atoms with Gasteiger partial charge in [0.05, 0.1) is 25.7 Å². The van der Waals surface area contributed by atoms with Crippen LogP contribution in [0.3, 0.4) is 0 Å². The van der Waals surface area contributed by atoms with Gasteiger partial charge in [0.2, 0.25) is 5.91 Å². The summed E-state index contributed by atoms with van der Waals surface area (Å²) in [5, 5.41) is 3.42. The highest BCUT2D eigenvalue weighted by molar-refractivity contribution is 8.14. The second-order valence-corrected chi connectivity index (χ2v) is 7.58. The Morgan fingerprint density at radius 2 is 1.90 bits per heavy atom. The van der Waals surface area contributed by atoms with Crippen LogP contribution in [-0.4, -0.2) is 53.7 Å². The number of benzene rings is 2. The maximum Gasteiger partial charge on any atom is 0.270 e. The van der Waals surface area contributed by atoms with E-state index in [1.807, 2.05) is 24.3 Å². The van der Waals surface area contributed by atoms with E-state index >= 15 is 0 Å². The van der Waals surface area contributed by atoms with E-state index in [1.54, 1.807) is 37.1 Å². The minimum atomic E-state index is -0.450. The number of ether oxygens (including phenoxy) is 2. The number of rotatable bonds is 5. The number of carbonyl (C=O) groups excluding carboxylic acids is 2. The molecule has 0 aliphatic carbocycles. The Labute approximate surface area is 178 Å². The van der Waals surface area contributed by atoms with Crippen molar-refractivity contribution in [1.82, 2.24) is 4.90 Å². The third kappa shape index (κ3) is 3.63. The van der Waals surface area contributed by atoms with Gasteiger partial charge in [-0.15, -0.1) is 0 Å². The second kappa shape index (κ2) is 8.19. The maximum absolute atomic E-state index is 12.5. The van der Waals surface area contributed by atoms with Crippen LogP contribution >= 0.6 is 11.8 Å². The molecule has 2 heterocycles. The van der Waals surface area contributed by atoms with Crippen molar-refractivity contribution in [3.63, 3.8) is 0 Å². The van der Waals surface area contributed by atoms with Crippen LogP contribution in [0.5, 0.6) is 11.5 Å². The molecule has 0 radical (unpaired) electrons.